The largest absolute Gasteiger partial charge is 0.493 e. The van der Waals surface area contributed by atoms with Gasteiger partial charge in [-0.2, -0.15) is 0 Å². The van der Waals surface area contributed by atoms with Crippen molar-refractivity contribution < 1.29 is 14.5 Å². The van der Waals surface area contributed by atoms with Crippen molar-refractivity contribution in [2.45, 2.75) is 13.3 Å². The Morgan fingerprint density at radius 1 is 1.26 bits per heavy atom. The molecule has 2 rings (SSSR count). The lowest BCUT2D eigenvalue weighted by molar-refractivity contribution is -0.384. The number of non-ortho nitro benzene ring substituents is 1. The maximum Gasteiger partial charge on any atom is 0.269 e. The fraction of sp³-hybridized carbons (Fsp3) is 0.188. The number of nitro groups is 1. The number of ether oxygens (including phenoxy) is 1. The number of nitrogens with zero attached hydrogens (tertiary/aromatic N) is 1. The van der Waals surface area contributed by atoms with Crippen LogP contribution in [0.2, 0.25) is 0 Å². The highest BCUT2D eigenvalue weighted by Crippen LogP contribution is 2.20. The average molecular weight is 379 g/mol. The number of aryl methyl sites for hydroxylation is 1. The van der Waals surface area contributed by atoms with Gasteiger partial charge in [0.05, 0.1) is 18.0 Å². The Morgan fingerprint density at radius 2 is 1.96 bits per heavy atom. The van der Waals surface area contributed by atoms with Gasteiger partial charge in [-0.1, -0.05) is 15.9 Å². The topological polar surface area (TPSA) is 81.5 Å². The minimum absolute atomic E-state index is 0.000649. The number of hydrogen-bond acceptors (Lipinski definition) is 4. The second-order valence-electron chi connectivity index (χ2n) is 4.86. The zero-order chi connectivity index (χ0) is 16.8. The summed E-state index contributed by atoms with van der Waals surface area (Å²) in [5.74, 6) is 0.330. The maximum absolute atomic E-state index is 11.9. The van der Waals surface area contributed by atoms with Gasteiger partial charge in [0.25, 0.3) is 5.69 Å². The van der Waals surface area contributed by atoms with E-state index < -0.39 is 4.92 Å². The Bertz CT molecular complexity index is 717. The Morgan fingerprint density at radius 3 is 2.57 bits per heavy atom. The van der Waals surface area contributed by atoms with E-state index in [1.165, 1.54) is 24.3 Å². The predicted molar refractivity (Wildman–Crippen MR) is 90.7 cm³/mol. The van der Waals surface area contributed by atoms with E-state index in [4.69, 9.17) is 4.74 Å². The molecule has 1 amide bonds. The van der Waals surface area contributed by atoms with Crippen molar-refractivity contribution in [1.29, 1.82) is 0 Å². The van der Waals surface area contributed by atoms with Crippen LogP contribution in [0.3, 0.4) is 0 Å². The molecule has 7 heteroatoms. The molecule has 0 saturated heterocycles. The van der Waals surface area contributed by atoms with E-state index >= 15 is 0 Å². The summed E-state index contributed by atoms with van der Waals surface area (Å²) in [6.07, 6.45) is 0.187. The van der Waals surface area contributed by atoms with Crippen LogP contribution in [0.25, 0.3) is 0 Å². The number of nitrogens with one attached hydrogen (secondary N) is 1. The van der Waals surface area contributed by atoms with Crippen LogP contribution < -0.4 is 10.1 Å². The zero-order valence-corrected chi connectivity index (χ0v) is 14.0. The van der Waals surface area contributed by atoms with Crippen LogP contribution in [-0.4, -0.2) is 17.4 Å². The van der Waals surface area contributed by atoms with Crippen LogP contribution in [0.5, 0.6) is 5.75 Å². The molecular weight excluding hydrogens is 364 g/mol. The molecule has 1 N–H and O–H groups in total. The van der Waals surface area contributed by atoms with E-state index in [9.17, 15) is 14.9 Å². The predicted octanol–water partition coefficient (Wildman–Crippen LogP) is 4.07. The summed E-state index contributed by atoms with van der Waals surface area (Å²) in [5, 5.41) is 13.3. The van der Waals surface area contributed by atoms with Crippen molar-refractivity contribution in [3.05, 3.63) is 62.6 Å². The number of amides is 1. The lowest BCUT2D eigenvalue weighted by Crippen LogP contribution is -2.15. The van der Waals surface area contributed by atoms with Crippen molar-refractivity contribution in [3.8, 4) is 5.75 Å². The fourth-order valence-electron chi connectivity index (χ4n) is 1.87. The van der Waals surface area contributed by atoms with Gasteiger partial charge in [-0.3, -0.25) is 14.9 Å². The summed E-state index contributed by atoms with van der Waals surface area (Å²) in [5.41, 5.74) is 1.76. The van der Waals surface area contributed by atoms with Gasteiger partial charge in [-0.15, -0.1) is 0 Å². The average Bonchev–Trinajstić information content (AvgIpc) is 2.51. The van der Waals surface area contributed by atoms with Crippen molar-refractivity contribution in [2.24, 2.45) is 0 Å². The third-order valence-corrected chi connectivity index (χ3v) is 3.98. The van der Waals surface area contributed by atoms with E-state index in [2.05, 4.69) is 21.2 Å². The summed E-state index contributed by atoms with van der Waals surface area (Å²) in [7, 11) is 0. The van der Waals surface area contributed by atoms with Gasteiger partial charge in [0.2, 0.25) is 5.91 Å². The molecule has 0 aromatic heterocycles. The lowest BCUT2D eigenvalue weighted by Gasteiger charge is -2.08. The molecule has 6 nitrogen and oxygen atoms in total. The molecule has 0 unspecified atom stereocenters. The van der Waals surface area contributed by atoms with Crippen LogP contribution in [0.15, 0.2) is 46.9 Å². The highest BCUT2D eigenvalue weighted by Gasteiger charge is 2.06. The molecule has 0 aliphatic heterocycles. The molecule has 0 bridgehead atoms. The maximum atomic E-state index is 11.9. The molecule has 0 aliphatic rings. The molecule has 0 spiro atoms. The number of nitro benzene ring substituents is 1. The molecule has 0 heterocycles. The van der Waals surface area contributed by atoms with E-state index in [1.54, 1.807) is 0 Å². The van der Waals surface area contributed by atoms with Crippen LogP contribution in [-0.2, 0) is 4.79 Å². The van der Waals surface area contributed by atoms with Crippen LogP contribution >= 0.6 is 15.9 Å². The molecular formula is C16H15BrN2O4. The van der Waals surface area contributed by atoms with Gasteiger partial charge in [-0.05, 0) is 42.8 Å². The number of benzene rings is 2. The summed E-state index contributed by atoms with van der Waals surface area (Å²) in [4.78, 5) is 21.9. The number of anilines is 1. The molecule has 0 saturated carbocycles. The standard InChI is InChI=1S/C16H15BrN2O4/c1-11-10-12(2-7-15(11)17)18-16(20)8-9-23-14-5-3-13(4-6-14)19(21)22/h2-7,10H,8-9H2,1H3,(H,18,20). The highest BCUT2D eigenvalue weighted by molar-refractivity contribution is 9.10. The quantitative estimate of drug-likeness (QED) is 0.606. The molecule has 23 heavy (non-hydrogen) atoms. The number of rotatable bonds is 6. The lowest BCUT2D eigenvalue weighted by atomic mass is 10.2. The van der Waals surface area contributed by atoms with Gasteiger partial charge in [0.15, 0.2) is 0 Å². The van der Waals surface area contributed by atoms with Gasteiger partial charge < -0.3 is 10.1 Å². The smallest absolute Gasteiger partial charge is 0.269 e. The number of halogens is 1. The highest BCUT2D eigenvalue weighted by atomic mass is 79.9. The first-order valence-electron chi connectivity index (χ1n) is 6.89. The van der Waals surface area contributed by atoms with Gasteiger partial charge >= 0.3 is 0 Å². The Kier molecular flexibility index (Phi) is 5.70. The first-order chi connectivity index (χ1) is 11.0. The van der Waals surface area contributed by atoms with Crippen LogP contribution in [0.4, 0.5) is 11.4 Å². The fourth-order valence-corrected chi connectivity index (χ4v) is 2.12. The Labute approximate surface area is 141 Å². The van der Waals surface area contributed by atoms with E-state index in [0.717, 1.165) is 15.7 Å². The minimum atomic E-state index is -0.475. The van der Waals surface area contributed by atoms with E-state index in [-0.39, 0.29) is 24.6 Å². The molecule has 0 radical (unpaired) electrons. The molecule has 2 aromatic rings. The van der Waals surface area contributed by atoms with Crippen molar-refractivity contribution in [2.75, 3.05) is 11.9 Å². The van der Waals surface area contributed by atoms with Crippen molar-refractivity contribution in [3.63, 3.8) is 0 Å². The van der Waals surface area contributed by atoms with Gasteiger partial charge in [0, 0.05) is 22.3 Å². The summed E-state index contributed by atoms with van der Waals surface area (Å²) < 4.78 is 6.38. The second-order valence-corrected chi connectivity index (χ2v) is 5.72. The molecule has 120 valence electrons. The second kappa shape index (κ2) is 7.73. The minimum Gasteiger partial charge on any atom is -0.493 e. The molecule has 0 fully saturated rings. The number of hydrogen-bond donors (Lipinski definition) is 1. The van der Waals surface area contributed by atoms with Gasteiger partial charge in [0.1, 0.15) is 5.75 Å². The summed E-state index contributed by atoms with van der Waals surface area (Å²) >= 11 is 3.40. The van der Waals surface area contributed by atoms with Crippen LogP contribution in [0, 0.1) is 17.0 Å². The Hall–Kier alpha value is -2.41. The number of carbonyl (C=O) groups excluding carboxylic acids is 1. The first-order valence-corrected chi connectivity index (χ1v) is 7.68. The zero-order valence-electron chi connectivity index (χ0n) is 12.4. The molecule has 2 aromatic carbocycles. The Balaban J connectivity index is 1.80. The molecule has 0 atom stereocenters. The summed E-state index contributed by atoms with van der Waals surface area (Å²) in [6.45, 7) is 2.14. The van der Waals surface area contributed by atoms with E-state index in [1.807, 2.05) is 25.1 Å². The van der Waals surface area contributed by atoms with E-state index in [0.29, 0.717) is 5.75 Å². The van der Waals surface area contributed by atoms with Crippen LogP contribution in [0.1, 0.15) is 12.0 Å². The SMILES string of the molecule is Cc1cc(NC(=O)CCOc2ccc([N+](=O)[O-])cc2)ccc1Br. The summed E-state index contributed by atoms with van der Waals surface area (Å²) in [6, 6.07) is 11.3. The van der Waals surface area contributed by atoms with Crippen molar-refractivity contribution in [1.82, 2.24) is 0 Å². The third-order valence-electron chi connectivity index (χ3n) is 3.09. The monoisotopic (exact) mass is 378 g/mol. The normalized spacial score (nSPS) is 10.2. The van der Waals surface area contributed by atoms with Gasteiger partial charge in [-0.25, -0.2) is 0 Å². The number of carbonyl (C=O) groups is 1. The molecule has 0 aliphatic carbocycles. The third kappa shape index (κ3) is 5.07. The first kappa shape index (κ1) is 17.0. The van der Waals surface area contributed by atoms with Crippen molar-refractivity contribution >= 4 is 33.2 Å².